The van der Waals surface area contributed by atoms with Crippen molar-refractivity contribution < 1.29 is 4.74 Å². The van der Waals surface area contributed by atoms with E-state index in [9.17, 15) is 0 Å². The SMILES string of the molecule is c1cc(OCC2CNC2)ncn1. The zero-order valence-corrected chi connectivity index (χ0v) is 6.73. The van der Waals surface area contributed by atoms with Gasteiger partial charge in [0.25, 0.3) is 0 Å². The minimum absolute atomic E-state index is 0.653. The molecule has 1 fully saturated rings. The van der Waals surface area contributed by atoms with E-state index in [0.29, 0.717) is 11.8 Å². The Kier molecular flexibility index (Phi) is 2.18. The molecule has 0 spiro atoms. The molecule has 12 heavy (non-hydrogen) atoms. The van der Waals surface area contributed by atoms with Crippen LogP contribution in [0.5, 0.6) is 5.88 Å². The van der Waals surface area contributed by atoms with E-state index in [-0.39, 0.29) is 0 Å². The molecule has 2 heterocycles. The molecule has 1 aromatic rings. The highest BCUT2D eigenvalue weighted by molar-refractivity contribution is 5.04. The van der Waals surface area contributed by atoms with Crippen LogP contribution in [0.2, 0.25) is 0 Å². The van der Waals surface area contributed by atoms with Crippen molar-refractivity contribution in [3.63, 3.8) is 0 Å². The number of hydrogen-bond donors (Lipinski definition) is 1. The molecule has 64 valence electrons. The van der Waals surface area contributed by atoms with Crippen molar-refractivity contribution >= 4 is 0 Å². The second kappa shape index (κ2) is 3.49. The average molecular weight is 165 g/mol. The van der Waals surface area contributed by atoms with Crippen LogP contribution in [0.15, 0.2) is 18.6 Å². The smallest absolute Gasteiger partial charge is 0.216 e. The van der Waals surface area contributed by atoms with E-state index < -0.39 is 0 Å². The Morgan fingerprint density at radius 1 is 1.58 bits per heavy atom. The summed E-state index contributed by atoms with van der Waals surface area (Å²) >= 11 is 0. The van der Waals surface area contributed by atoms with Gasteiger partial charge in [0.1, 0.15) is 6.33 Å². The molecule has 4 heteroatoms. The van der Waals surface area contributed by atoms with Crippen LogP contribution in [0.25, 0.3) is 0 Å². The van der Waals surface area contributed by atoms with Crippen molar-refractivity contribution in [2.24, 2.45) is 5.92 Å². The first-order valence-electron chi connectivity index (χ1n) is 4.04. The van der Waals surface area contributed by atoms with Gasteiger partial charge >= 0.3 is 0 Å². The summed E-state index contributed by atoms with van der Waals surface area (Å²) in [5.41, 5.74) is 0. The summed E-state index contributed by atoms with van der Waals surface area (Å²) in [7, 11) is 0. The van der Waals surface area contributed by atoms with Crippen LogP contribution in [0.1, 0.15) is 0 Å². The molecule has 0 unspecified atom stereocenters. The Labute approximate surface area is 71.0 Å². The van der Waals surface area contributed by atoms with Gasteiger partial charge in [-0.25, -0.2) is 9.97 Å². The molecule has 0 aromatic carbocycles. The molecular weight excluding hydrogens is 154 g/mol. The second-order valence-corrected chi connectivity index (χ2v) is 2.88. The van der Waals surface area contributed by atoms with Gasteiger partial charge in [-0.05, 0) is 0 Å². The Morgan fingerprint density at radius 3 is 3.08 bits per heavy atom. The second-order valence-electron chi connectivity index (χ2n) is 2.88. The standard InChI is InChI=1S/C8H11N3O/c1-2-9-6-11-8(1)12-5-7-3-10-4-7/h1-2,6-7,10H,3-5H2. The van der Waals surface area contributed by atoms with E-state index in [1.54, 1.807) is 12.3 Å². The Bertz CT molecular complexity index is 235. The lowest BCUT2D eigenvalue weighted by Crippen LogP contribution is -2.45. The molecule has 4 nitrogen and oxygen atoms in total. The van der Waals surface area contributed by atoms with E-state index in [1.165, 1.54) is 6.33 Å². The van der Waals surface area contributed by atoms with E-state index in [1.807, 2.05) is 0 Å². The first kappa shape index (κ1) is 7.49. The molecule has 0 bridgehead atoms. The summed E-state index contributed by atoms with van der Waals surface area (Å²) in [6.07, 6.45) is 3.18. The van der Waals surface area contributed by atoms with Crippen molar-refractivity contribution in [3.05, 3.63) is 18.6 Å². The number of nitrogens with one attached hydrogen (secondary N) is 1. The summed E-state index contributed by atoms with van der Waals surface area (Å²) < 4.78 is 5.42. The maximum atomic E-state index is 5.42. The number of ether oxygens (including phenoxy) is 1. The topological polar surface area (TPSA) is 47.0 Å². The minimum Gasteiger partial charge on any atom is -0.477 e. The highest BCUT2D eigenvalue weighted by atomic mass is 16.5. The predicted octanol–water partition coefficient (Wildman–Crippen LogP) is 0.0748. The van der Waals surface area contributed by atoms with E-state index >= 15 is 0 Å². The maximum absolute atomic E-state index is 5.42. The van der Waals surface area contributed by atoms with E-state index in [4.69, 9.17) is 4.74 Å². The molecule has 2 rings (SSSR count). The molecule has 1 aromatic heterocycles. The van der Waals surface area contributed by atoms with Crippen molar-refractivity contribution in [2.75, 3.05) is 19.7 Å². The molecule has 0 aliphatic carbocycles. The molecule has 0 radical (unpaired) electrons. The Hall–Kier alpha value is -1.16. The van der Waals surface area contributed by atoms with Crippen LogP contribution >= 0.6 is 0 Å². The zero-order valence-electron chi connectivity index (χ0n) is 6.73. The van der Waals surface area contributed by atoms with Crippen LogP contribution in [0.4, 0.5) is 0 Å². The number of hydrogen-bond acceptors (Lipinski definition) is 4. The van der Waals surface area contributed by atoms with Gasteiger partial charge in [0.2, 0.25) is 5.88 Å². The normalized spacial score (nSPS) is 17.0. The Balaban J connectivity index is 1.79. The third kappa shape index (κ3) is 1.71. The third-order valence-corrected chi connectivity index (χ3v) is 1.89. The highest BCUT2D eigenvalue weighted by Crippen LogP contribution is 2.07. The average Bonchev–Trinajstić information content (AvgIpc) is 2.04. The number of nitrogens with zero attached hydrogens (tertiary/aromatic N) is 2. The van der Waals surface area contributed by atoms with Crippen LogP contribution in [0.3, 0.4) is 0 Å². The summed E-state index contributed by atoms with van der Waals surface area (Å²) in [6, 6.07) is 1.77. The van der Waals surface area contributed by atoms with Crippen LogP contribution in [-0.4, -0.2) is 29.7 Å². The summed E-state index contributed by atoms with van der Waals surface area (Å²) in [5.74, 6) is 1.32. The number of rotatable bonds is 3. The van der Waals surface area contributed by atoms with Gasteiger partial charge in [-0.1, -0.05) is 0 Å². The van der Waals surface area contributed by atoms with E-state index in [0.717, 1.165) is 19.7 Å². The van der Waals surface area contributed by atoms with Gasteiger partial charge in [0.15, 0.2) is 0 Å². The molecular formula is C8H11N3O. The summed E-state index contributed by atoms with van der Waals surface area (Å²) in [6.45, 7) is 2.88. The largest absolute Gasteiger partial charge is 0.477 e. The van der Waals surface area contributed by atoms with Gasteiger partial charge in [0, 0.05) is 31.3 Å². The van der Waals surface area contributed by atoms with Crippen molar-refractivity contribution in [3.8, 4) is 5.88 Å². The van der Waals surface area contributed by atoms with Gasteiger partial charge in [-0.3, -0.25) is 0 Å². The fourth-order valence-electron chi connectivity index (χ4n) is 1.03. The molecule has 1 aliphatic heterocycles. The first-order valence-corrected chi connectivity index (χ1v) is 4.04. The molecule has 1 N–H and O–H groups in total. The van der Waals surface area contributed by atoms with Gasteiger partial charge in [-0.2, -0.15) is 0 Å². The van der Waals surface area contributed by atoms with Gasteiger partial charge < -0.3 is 10.1 Å². The summed E-state index contributed by atoms with van der Waals surface area (Å²) in [5, 5.41) is 3.18. The monoisotopic (exact) mass is 165 g/mol. The predicted molar refractivity (Wildman–Crippen MR) is 43.9 cm³/mol. The molecule has 0 saturated carbocycles. The van der Waals surface area contributed by atoms with Crippen LogP contribution in [-0.2, 0) is 0 Å². The quantitative estimate of drug-likeness (QED) is 0.688. The fourth-order valence-corrected chi connectivity index (χ4v) is 1.03. The zero-order chi connectivity index (χ0) is 8.23. The fraction of sp³-hybridized carbons (Fsp3) is 0.500. The summed E-state index contributed by atoms with van der Waals surface area (Å²) in [4.78, 5) is 7.76. The highest BCUT2D eigenvalue weighted by Gasteiger charge is 2.16. The van der Waals surface area contributed by atoms with Crippen LogP contribution in [0, 0.1) is 5.92 Å². The lowest BCUT2D eigenvalue weighted by Gasteiger charge is -2.26. The van der Waals surface area contributed by atoms with Gasteiger partial charge in [0.05, 0.1) is 6.61 Å². The van der Waals surface area contributed by atoms with Crippen LogP contribution < -0.4 is 10.1 Å². The third-order valence-electron chi connectivity index (χ3n) is 1.89. The number of aromatic nitrogens is 2. The van der Waals surface area contributed by atoms with Crippen molar-refractivity contribution in [1.29, 1.82) is 0 Å². The molecule has 0 amide bonds. The van der Waals surface area contributed by atoms with E-state index in [2.05, 4.69) is 15.3 Å². The molecule has 1 saturated heterocycles. The van der Waals surface area contributed by atoms with Crippen molar-refractivity contribution in [1.82, 2.24) is 15.3 Å². The minimum atomic E-state index is 0.653. The lowest BCUT2D eigenvalue weighted by molar-refractivity contribution is 0.193. The Morgan fingerprint density at radius 2 is 2.50 bits per heavy atom. The first-order chi connectivity index (χ1) is 5.95. The molecule has 1 aliphatic rings. The maximum Gasteiger partial charge on any atom is 0.216 e. The molecule has 0 atom stereocenters. The van der Waals surface area contributed by atoms with Crippen molar-refractivity contribution in [2.45, 2.75) is 0 Å². The lowest BCUT2D eigenvalue weighted by atomic mass is 10.1. The van der Waals surface area contributed by atoms with Gasteiger partial charge in [-0.15, -0.1) is 0 Å².